The van der Waals surface area contributed by atoms with Gasteiger partial charge in [-0.3, -0.25) is 14.7 Å². The zero-order chi connectivity index (χ0) is 22.0. The number of hydrogen-bond acceptors (Lipinski definition) is 5. The van der Waals surface area contributed by atoms with Crippen LogP contribution in [-0.2, 0) is 11.2 Å². The molecule has 3 heterocycles. The van der Waals surface area contributed by atoms with Crippen LogP contribution in [0.15, 0.2) is 61.4 Å². The predicted molar refractivity (Wildman–Crippen MR) is 113 cm³/mol. The van der Waals surface area contributed by atoms with Gasteiger partial charge in [0.25, 0.3) is 0 Å². The molecule has 1 atom stereocenters. The van der Waals surface area contributed by atoms with E-state index in [1.165, 1.54) is 17.2 Å². The maximum absolute atomic E-state index is 13.9. The molecule has 0 saturated heterocycles. The Morgan fingerprint density at radius 1 is 1.19 bits per heavy atom. The number of ether oxygens (including phenoxy) is 1. The van der Waals surface area contributed by atoms with Gasteiger partial charge in [0.1, 0.15) is 23.4 Å². The second-order valence-corrected chi connectivity index (χ2v) is 7.15. The van der Waals surface area contributed by atoms with E-state index in [0.717, 1.165) is 17.7 Å². The van der Waals surface area contributed by atoms with E-state index in [2.05, 4.69) is 21.9 Å². The van der Waals surface area contributed by atoms with E-state index in [4.69, 9.17) is 4.74 Å². The number of amides is 1. The van der Waals surface area contributed by atoms with E-state index in [0.29, 0.717) is 35.8 Å². The Balaban J connectivity index is 1.49. The molecule has 0 saturated carbocycles. The molecule has 31 heavy (non-hydrogen) atoms. The van der Waals surface area contributed by atoms with E-state index in [1.54, 1.807) is 25.4 Å². The fourth-order valence-electron chi connectivity index (χ4n) is 3.43. The lowest BCUT2D eigenvalue weighted by Gasteiger charge is -2.22. The number of nitrogens with one attached hydrogen (secondary N) is 1. The highest BCUT2D eigenvalue weighted by Gasteiger charge is 2.29. The second-order valence-electron chi connectivity index (χ2n) is 7.15. The number of benzene rings is 1. The minimum Gasteiger partial charge on any atom is -0.454 e. The van der Waals surface area contributed by atoms with E-state index >= 15 is 0 Å². The van der Waals surface area contributed by atoms with Crippen LogP contribution in [0.3, 0.4) is 0 Å². The van der Waals surface area contributed by atoms with Gasteiger partial charge in [0, 0.05) is 31.6 Å². The summed E-state index contributed by atoms with van der Waals surface area (Å²) in [6.07, 6.45) is 4.40. The number of aryl methyl sites for hydroxylation is 1. The van der Waals surface area contributed by atoms with Crippen LogP contribution in [0.2, 0.25) is 0 Å². The summed E-state index contributed by atoms with van der Waals surface area (Å²) in [5.74, 6) is -0.775. The van der Waals surface area contributed by atoms with Gasteiger partial charge in [0.05, 0.1) is 11.4 Å². The summed E-state index contributed by atoms with van der Waals surface area (Å²) in [5.41, 5.74) is 1.87. The third kappa shape index (κ3) is 4.37. The molecule has 0 fully saturated rings. The van der Waals surface area contributed by atoms with Crippen molar-refractivity contribution >= 4 is 17.4 Å². The number of aromatic nitrogens is 2. The summed E-state index contributed by atoms with van der Waals surface area (Å²) in [4.78, 5) is 23.0. The summed E-state index contributed by atoms with van der Waals surface area (Å²) in [7, 11) is 1.70. The summed E-state index contributed by atoms with van der Waals surface area (Å²) < 4.78 is 32.5. The third-order valence-corrected chi connectivity index (χ3v) is 5.03. The number of carbonyl (C=O) groups excluding carboxylic acids is 1. The van der Waals surface area contributed by atoms with Crippen LogP contribution < -0.4 is 15.0 Å². The average molecular weight is 422 g/mol. The zero-order valence-electron chi connectivity index (χ0n) is 16.8. The van der Waals surface area contributed by atoms with Crippen LogP contribution in [0.25, 0.3) is 5.70 Å². The van der Waals surface area contributed by atoms with Gasteiger partial charge in [-0.15, -0.1) is 0 Å². The maximum Gasteiger partial charge on any atom is 0.250 e. The van der Waals surface area contributed by atoms with Crippen molar-refractivity contribution in [2.45, 2.75) is 18.9 Å². The van der Waals surface area contributed by atoms with Crippen molar-refractivity contribution in [3.05, 3.63) is 84.3 Å². The SMILES string of the molecule is C=C(N[C@H]1CCc2cccnc2N(C)C1=O)c1cc(Oc2ccc(F)cc2F)ccn1. The second kappa shape index (κ2) is 8.51. The molecule has 0 spiro atoms. The highest BCUT2D eigenvalue weighted by Crippen LogP contribution is 2.27. The summed E-state index contributed by atoms with van der Waals surface area (Å²) in [6, 6.07) is 9.49. The van der Waals surface area contributed by atoms with Gasteiger partial charge in [-0.25, -0.2) is 13.8 Å². The molecule has 1 aliphatic rings. The van der Waals surface area contributed by atoms with Crippen molar-refractivity contribution in [2.24, 2.45) is 0 Å². The molecule has 2 aromatic heterocycles. The van der Waals surface area contributed by atoms with Crippen molar-refractivity contribution in [3.63, 3.8) is 0 Å². The molecule has 1 amide bonds. The molecular formula is C23H20F2N4O2. The predicted octanol–water partition coefficient (Wildman–Crippen LogP) is 4.09. The Morgan fingerprint density at radius 2 is 2.03 bits per heavy atom. The van der Waals surface area contributed by atoms with Crippen molar-refractivity contribution in [2.75, 3.05) is 11.9 Å². The smallest absolute Gasteiger partial charge is 0.250 e. The Bertz CT molecular complexity index is 1150. The van der Waals surface area contributed by atoms with Crippen LogP contribution in [0, 0.1) is 11.6 Å². The van der Waals surface area contributed by atoms with Gasteiger partial charge in [0.15, 0.2) is 11.6 Å². The largest absolute Gasteiger partial charge is 0.454 e. The molecule has 0 radical (unpaired) electrons. The van der Waals surface area contributed by atoms with Gasteiger partial charge in [-0.2, -0.15) is 0 Å². The van der Waals surface area contributed by atoms with E-state index in [1.807, 2.05) is 12.1 Å². The molecule has 0 bridgehead atoms. The zero-order valence-corrected chi connectivity index (χ0v) is 16.8. The third-order valence-electron chi connectivity index (χ3n) is 5.03. The van der Waals surface area contributed by atoms with E-state index in [9.17, 15) is 13.6 Å². The fraction of sp³-hybridized carbons (Fsp3) is 0.174. The number of likely N-dealkylation sites (N-methyl/N-ethyl adjacent to an activating group) is 1. The van der Waals surface area contributed by atoms with Crippen molar-refractivity contribution in [3.8, 4) is 11.5 Å². The maximum atomic E-state index is 13.9. The Morgan fingerprint density at radius 3 is 2.84 bits per heavy atom. The molecule has 6 nitrogen and oxygen atoms in total. The number of rotatable bonds is 5. The molecular weight excluding hydrogens is 402 g/mol. The molecule has 0 unspecified atom stereocenters. The first-order chi connectivity index (χ1) is 14.9. The minimum absolute atomic E-state index is 0.108. The van der Waals surface area contributed by atoms with Gasteiger partial charge in [0.2, 0.25) is 5.91 Å². The fourth-order valence-corrected chi connectivity index (χ4v) is 3.43. The molecule has 158 valence electrons. The number of hydrogen-bond donors (Lipinski definition) is 1. The van der Waals surface area contributed by atoms with Gasteiger partial charge in [-0.05, 0) is 42.7 Å². The number of pyridine rings is 2. The molecule has 3 aromatic rings. The standard InChI is InChI=1S/C23H20F2N4O2/c1-14(28-19-7-5-15-4-3-10-27-22(15)29(2)23(19)30)20-13-17(9-11-26-20)31-21-8-6-16(24)12-18(21)25/h3-4,6,8-13,19,28H,1,5,7H2,2H3/t19-/m0/s1. The summed E-state index contributed by atoms with van der Waals surface area (Å²) >= 11 is 0. The number of carbonyl (C=O) groups is 1. The molecule has 1 aromatic carbocycles. The van der Waals surface area contributed by atoms with Crippen LogP contribution in [0.4, 0.5) is 14.6 Å². The quantitative estimate of drug-likeness (QED) is 0.671. The van der Waals surface area contributed by atoms with Crippen LogP contribution in [-0.4, -0.2) is 29.0 Å². The van der Waals surface area contributed by atoms with Crippen LogP contribution in [0.1, 0.15) is 17.7 Å². The van der Waals surface area contributed by atoms with Crippen molar-refractivity contribution in [1.82, 2.24) is 15.3 Å². The average Bonchev–Trinajstić information content (AvgIpc) is 2.88. The molecule has 4 rings (SSSR count). The first-order valence-electron chi connectivity index (χ1n) is 9.68. The molecule has 1 aliphatic heterocycles. The highest BCUT2D eigenvalue weighted by molar-refractivity contribution is 5.98. The Kier molecular flexibility index (Phi) is 5.62. The summed E-state index contributed by atoms with van der Waals surface area (Å²) in [5, 5.41) is 3.14. The number of fused-ring (bicyclic) bond motifs is 1. The van der Waals surface area contributed by atoms with E-state index in [-0.39, 0.29) is 11.7 Å². The first-order valence-corrected chi connectivity index (χ1v) is 9.68. The topological polar surface area (TPSA) is 67.4 Å². The van der Waals surface area contributed by atoms with E-state index < -0.39 is 17.7 Å². The van der Waals surface area contributed by atoms with Gasteiger partial charge < -0.3 is 10.1 Å². The number of anilines is 1. The van der Waals surface area contributed by atoms with Crippen molar-refractivity contribution < 1.29 is 18.3 Å². The lowest BCUT2D eigenvalue weighted by Crippen LogP contribution is -2.43. The van der Waals surface area contributed by atoms with Gasteiger partial charge in [-0.1, -0.05) is 12.6 Å². The van der Waals surface area contributed by atoms with Crippen molar-refractivity contribution in [1.29, 1.82) is 0 Å². The normalized spacial score (nSPS) is 15.8. The Hall–Kier alpha value is -3.81. The van der Waals surface area contributed by atoms with Crippen LogP contribution >= 0.6 is 0 Å². The lowest BCUT2D eigenvalue weighted by molar-refractivity contribution is -0.120. The minimum atomic E-state index is -0.810. The molecule has 1 N–H and O–H groups in total. The first kappa shape index (κ1) is 20.5. The summed E-state index contributed by atoms with van der Waals surface area (Å²) in [6.45, 7) is 4.00. The lowest BCUT2D eigenvalue weighted by atomic mass is 10.1. The van der Waals surface area contributed by atoms with Gasteiger partial charge >= 0.3 is 0 Å². The number of nitrogens with zero attached hydrogens (tertiary/aromatic N) is 3. The Labute approximate surface area is 178 Å². The number of halogens is 2. The van der Waals surface area contributed by atoms with Crippen LogP contribution in [0.5, 0.6) is 11.5 Å². The molecule has 0 aliphatic carbocycles. The molecule has 8 heteroatoms. The monoisotopic (exact) mass is 422 g/mol. The highest BCUT2D eigenvalue weighted by atomic mass is 19.1.